The molecule has 12 nitrogen and oxygen atoms in total. The second kappa shape index (κ2) is 15.5. The first-order valence-corrected chi connectivity index (χ1v) is 19.5. The number of hydrogen-bond acceptors (Lipinski definition) is 11. The van der Waals surface area contributed by atoms with Gasteiger partial charge in [-0.25, -0.2) is 18.0 Å². The van der Waals surface area contributed by atoms with Crippen LogP contribution in [0.15, 0.2) is 59.5 Å². The number of aromatic nitrogens is 2. The number of allylic oxidation sites excluding steroid dienone is 1. The number of hydrogen-bond donors (Lipinski definition) is 1. The molecule has 1 aromatic heterocycles. The number of esters is 1. The molecule has 16 heteroatoms. The highest BCUT2D eigenvalue weighted by atomic mass is 32.2. The highest BCUT2D eigenvalue weighted by Gasteiger charge is 2.51. The molecule has 3 heterocycles. The number of sulfone groups is 1. The first kappa shape index (κ1) is 40.3. The van der Waals surface area contributed by atoms with E-state index >= 15 is 0 Å². The first-order valence-electron chi connectivity index (χ1n) is 17.6. The van der Waals surface area contributed by atoms with E-state index in [0.29, 0.717) is 37.9 Å². The van der Waals surface area contributed by atoms with Gasteiger partial charge in [0.05, 0.1) is 11.5 Å². The lowest BCUT2D eigenvalue weighted by molar-refractivity contribution is -0.198. The average molecular weight is 774 g/mol. The Kier molecular flexibility index (Phi) is 11.6. The smallest absolute Gasteiger partial charge is 0.429 e. The molecule has 0 bridgehead atoms. The number of likely N-dealkylation sites (tertiary alicyclic amines) is 1. The summed E-state index contributed by atoms with van der Waals surface area (Å²) >= 11 is 0. The molecule has 0 radical (unpaired) electrons. The van der Waals surface area contributed by atoms with Crippen molar-refractivity contribution < 1.29 is 45.4 Å². The number of nitrogens with zero attached hydrogens (tertiary/aromatic N) is 4. The second-order valence-electron chi connectivity index (χ2n) is 14.7. The van der Waals surface area contributed by atoms with Crippen LogP contribution in [-0.4, -0.2) is 85.7 Å². The molecule has 54 heavy (non-hydrogen) atoms. The van der Waals surface area contributed by atoms with Crippen LogP contribution < -0.4 is 15.4 Å². The van der Waals surface area contributed by atoms with E-state index in [-0.39, 0.29) is 46.5 Å². The van der Waals surface area contributed by atoms with E-state index in [4.69, 9.17) is 19.9 Å². The summed E-state index contributed by atoms with van der Waals surface area (Å²) in [6.45, 7) is 9.92. The minimum absolute atomic E-state index is 0.0463. The normalized spacial score (nSPS) is 18.2. The van der Waals surface area contributed by atoms with Gasteiger partial charge in [0.15, 0.2) is 9.84 Å². The van der Waals surface area contributed by atoms with Gasteiger partial charge in [0, 0.05) is 37.5 Å². The van der Waals surface area contributed by atoms with Gasteiger partial charge in [-0.1, -0.05) is 36.4 Å². The van der Waals surface area contributed by atoms with Gasteiger partial charge in [0.2, 0.25) is 17.9 Å². The van der Waals surface area contributed by atoms with E-state index in [9.17, 15) is 31.2 Å². The number of alkyl halides is 3. The fraction of sp³-hybridized carbons (Fsp3) is 0.474. The lowest BCUT2D eigenvalue weighted by Gasteiger charge is -2.39. The van der Waals surface area contributed by atoms with E-state index in [1.807, 2.05) is 4.90 Å². The maximum Gasteiger partial charge on any atom is 0.429 e. The second-order valence-corrected chi connectivity index (χ2v) is 16.7. The standard InChI is InChI=1S/C38H46F3N5O7S/c1-7-10-24-13-14-27(28(19-24)25-11-9-12-26(20-25)54(6,49)50)32(38(39,40)41)52-31-21-30(43-34(42)44-31)45-17-15-37(16-18-45)22-29(33(47)51-8-2)46(23-37)35(48)53-36(3,4)5/h7,9-14,19-21,29,32H,8,15-18,22-23H2,1-6H3,(H2,42,43,44)/b10-7+/t29-,32+/m0/s1. The van der Waals surface area contributed by atoms with Crippen molar-refractivity contribution in [2.24, 2.45) is 5.41 Å². The number of ether oxygens (including phenoxy) is 3. The third-order valence-electron chi connectivity index (χ3n) is 9.38. The van der Waals surface area contributed by atoms with Crippen LogP contribution in [0, 0.1) is 5.41 Å². The van der Waals surface area contributed by atoms with Gasteiger partial charge in [-0.2, -0.15) is 23.1 Å². The summed E-state index contributed by atoms with van der Waals surface area (Å²) in [6, 6.07) is 10.6. The number of carbonyl (C=O) groups is 2. The molecule has 3 aromatic rings. The Morgan fingerprint density at radius 3 is 2.39 bits per heavy atom. The molecular formula is C38H46F3N5O7S. The van der Waals surface area contributed by atoms with Gasteiger partial charge in [0.1, 0.15) is 17.5 Å². The summed E-state index contributed by atoms with van der Waals surface area (Å²) in [4.78, 5) is 37.6. The molecule has 292 valence electrons. The molecule has 1 spiro atoms. The minimum atomic E-state index is -4.93. The molecule has 0 unspecified atom stereocenters. The molecule has 5 rings (SSSR count). The maximum atomic E-state index is 15.0. The van der Waals surface area contributed by atoms with Gasteiger partial charge in [-0.3, -0.25) is 4.90 Å². The summed E-state index contributed by atoms with van der Waals surface area (Å²) in [5.41, 5.74) is 5.55. The fourth-order valence-corrected chi connectivity index (χ4v) is 7.58. The predicted octanol–water partition coefficient (Wildman–Crippen LogP) is 7.00. The SMILES string of the molecule is C/C=C/c1ccc([C@@H](Oc2cc(N3CCC4(CC3)C[C@@H](C(=O)OCC)N(C(=O)OC(C)(C)C)C4)nc(N)n2)C(F)(F)F)c(-c2cccc(S(C)(=O)=O)c2)c1. The van der Waals surface area contributed by atoms with Crippen molar-refractivity contribution in [1.82, 2.24) is 14.9 Å². The zero-order valence-electron chi connectivity index (χ0n) is 31.1. The molecule has 2 saturated heterocycles. The number of nitrogen functional groups attached to an aromatic ring is 1. The molecule has 2 aromatic carbocycles. The Balaban J connectivity index is 1.42. The molecule has 2 aliphatic rings. The molecule has 0 saturated carbocycles. The lowest BCUT2D eigenvalue weighted by atomic mass is 9.76. The van der Waals surface area contributed by atoms with Crippen molar-refractivity contribution in [2.45, 2.75) is 82.7 Å². The fourth-order valence-electron chi connectivity index (χ4n) is 6.91. The number of anilines is 2. The Morgan fingerprint density at radius 2 is 1.78 bits per heavy atom. The van der Waals surface area contributed by atoms with Crippen LogP contribution in [-0.2, 0) is 24.1 Å². The number of benzene rings is 2. The highest BCUT2D eigenvalue weighted by molar-refractivity contribution is 7.90. The molecule has 1 amide bonds. The van der Waals surface area contributed by atoms with Crippen molar-refractivity contribution in [3.05, 3.63) is 65.7 Å². The minimum Gasteiger partial charge on any atom is -0.464 e. The van der Waals surface area contributed by atoms with Gasteiger partial charge in [-0.15, -0.1) is 0 Å². The van der Waals surface area contributed by atoms with Crippen molar-refractivity contribution in [3.8, 4) is 17.0 Å². The van der Waals surface area contributed by atoms with E-state index in [1.165, 1.54) is 47.4 Å². The summed E-state index contributed by atoms with van der Waals surface area (Å²) in [5.74, 6) is -0.961. The van der Waals surface area contributed by atoms with E-state index < -0.39 is 57.1 Å². The van der Waals surface area contributed by atoms with Crippen LogP contribution in [0.4, 0.5) is 29.7 Å². The molecule has 2 fully saturated rings. The predicted molar refractivity (Wildman–Crippen MR) is 197 cm³/mol. The van der Waals surface area contributed by atoms with Gasteiger partial charge in [0.25, 0.3) is 0 Å². The summed E-state index contributed by atoms with van der Waals surface area (Å²) in [6.07, 6.45) is -2.14. The molecular weight excluding hydrogens is 728 g/mol. The van der Waals surface area contributed by atoms with Crippen LogP contribution in [0.2, 0.25) is 0 Å². The average Bonchev–Trinajstić information content (AvgIpc) is 3.45. The van der Waals surface area contributed by atoms with Crippen molar-refractivity contribution in [3.63, 3.8) is 0 Å². The van der Waals surface area contributed by atoms with Crippen LogP contribution in [0.25, 0.3) is 17.2 Å². The van der Waals surface area contributed by atoms with Gasteiger partial charge < -0.3 is 24.8 Å². The zero-order chi connectivity index (χ0) is 39.6. The first-order chi connectivity index (χ1) is 25.2. The van der Waals surface area contributed by atoms with Crippen LogP contribution in [0.5, 0.6) is 5.88 Å². The Bertz CT molecular complexity index is 2010. The van der Waals surface area contributed by atoms with Gasteiger partial charge >= 0.3 is 18.2 Å². The quantitative estimate of drug-likeness (QED) is 0.224. The summed E-state index contributed by atoms with van der Waals surface area (Å²) < 4.78 is 86.1. The van der Waals surface area contributed by atoms with E-state index in [0.717, 1.165) is 6.26 Å². The van der Waals surface area contributed by atoms with Crippen LogP contribution >= 0.6 is 0 Å². The number of carbonyl (C=O) groups excluding carboxylic acids is 2. The van der Waals surface area contributed by atoms with Gasteiger partial charge in [-0.05, 0) is 94.2 Å². The Hall–Kier alpha value is -4.86. The largest absolute Gasteiger partial charge is 0.464 e. The van der Waals surface area contributed by atoms with E-state index in [2.05, 4.69) is 9.97 Å². The number of rotatable bonds is 9. The molecule has 0 aliphatic carbocycles. The summed E-state index contributed by atoms with van der Waals surface area (Å²) in [5, 5.41) is 0. The third-order valence-corrected chi connectivity index (χ3v) is 10.5. The highest BCUT2D eigenvalue weighted by Crippen LogP contribution is 2.46. The molecule has 2 atom stereocenters. The molecule has 2 aliphatic heterocycles. The number of halogens is 3. The Labute approximate surface area is 313 Å². The van der Waals surface area contributed by atoms with Crippen molar-refractivity contribution >= 4 is 39.7 Å². The topological polar surface area (TPSA) is 154 Å². The number of amides is 1. The van der Waals surface area contributed by atoms with Crippen LogP contribution in [0.3, 0.4) is 0 Å². The number of piperidine rings is 1. The Morgan fingerprint density at radius 1 is 1.07 bits per heavy atom. The van der Waals surface area contributed by atoms with Crippen molar-refractivity contribution in [1.29, 1.82) is 0 Å². The monoisotopic (exact) mass is 773 g/mol. The lowest BCUT2D eigenvalue weighted by Crippen LogP contribution is -2.45. The zero-order valence-corrected chi connectivity index (χ0v) is 32.0. The number of nitrogens with two attached hydrogens (primary N) is 1. The van der Waals surface area contributed by atoms with Crippen LogP contribution in [0.1, 0.15) is 71.1 Å². The molecule has 2 N–H and O–H groups in total. The van der Waals surface area contributed by atoms with E-state index in [1.54, 1.807) is 52.8 Å². The summed E-state index contributed by atoms with van der Waals surface area (Å²) in [7, 11) is -3.66. The van der Waals surface area contributed by atoms with Crippen molar-refractivity contribution in [2.75, 3.05) is 43.1 Å². The third kappa shape index (κ3) is 9.43. The maximum absolute atomic E-state index is 15.0.